The highest BCUT2D eigenvalue weighted by atomic mass is 19.1. The van der Waals surface area contributed by atoms with Gasteiger partial charge in [-0.25, -0.2) is 0 Å². The quantitative estimate of drug-likeness (QED) is 0.498. The molecule has 0 radical (unpaired) electrons. The van der Waals surface area contributed by atoms with Gasteiger partial charge in [-0.3, -0.25) is 4.79 Å². The van der Waals surface area contributed by atoms with Gasteiger partial charge < -0.3 is 4.74 Å². The van der Waals surface area contributed by atoms with Gasteiger partial charge in [0, 0.05) is 6.61 Å². The Balaban J connectivity index is 2.31. The zero-order chi connectivity index (χ0) is 6.69. The van der Waals surface area contributed by atoms with E-state index in [4.69, 9.17) is 4.74 Å². The van der Waals surface area contributed by atoms with Crippen LogP contribution in [-0.2, 0) is 9.53 Å². The van der Waals surface area contributed by atoms with E-state index in [2.05, 4.69) is 0 Å². The van der Waals surface area contributed by atoms with E-state index >= 15 is 0 Å². The Bertz CT molecular complexity index is 108. The van der Waals surface area contributed by atoms with E-state index in [1.165, 1.54) is 0 Å². The molecule has 1 heterocycles. The second kappa shape index (κ2) is 2.92. The van der Waals surface area contributed by atoms with Crippen LogP contribution in [0.25, 0.3) is 0 Å². The lowest BCUT2D eigenvalue weighted by molar-refractivity contribution is -0.144. The molecule has 2 nitrogen and oxygen atoms in total. The van der Waals surface area contributed by atoms with Crippen LogP contribution in [0.4, 0.5) is 4.39 Å². The van der Waals surface area contributed by atoms with Crippen LogP contribution < -0.4 is 0 Å². The smallest absolute Gasteiger partial charge is 0.329 e. The van der Waals surface area contributed by atoms with E-state index in [9.17, 15) is 9.18 Å². The van der Waals surface area contributed by atoms with Crippen molar-refractivity contribution in [2.75, 3.05) is 6.61 Å². The molecule has 52 valence electrons. The molecule has 1 fully saturated rings. The topological polar surface area (TPSA) is 26.3 Å². The second-order valence-electron chi connectivity index (χ2n) is 2.16. The van der Waals surface area contributed by atoms with Crippen molar-refractivity contribution in [1.29, 1.82) is 0 Å². The first-order valence-electron chi connectivity index (χ1n) is 3.11. The third-order valence-electron chi connectivity index (χ3n) is 1.43. The van der Waals surface area contributed by atoms with Gasteiger partial charge in [0.25, 0.3) is 0 Å². The third kappa shape index (κ3) is 1.75. The molecule has 3 heteroatoms. The SMILES string of the molecule is O=C(F)C1CCCCO1. The van der Waals surface area contributed by atoms with E-state index in [1.54, 1.807) is 0 Å². The number of ether oxygens (including phenoxy) is 1. The zero-order valence-corrected chi connectivity index (χ0v) is 5.10. The lowest BCUT2D eigenvalue weighted by Gasteiger charge is -2.17. The van der Waals surface area contributed by atoms with Gasteiger partial charge in [0.05, 0.1) is 0 Å². The summed E-state index contributed by atoms with van der Waals surface area (Å²) < 4.78 is 16.6. The molecular weight excluding hydrogens is 123 g/mol. The minimum absolute atomic E-state index is 0.528. The van der Waals surface area contributed by atoms with Crippen molar-refractivity contribution >= 4 is 6.04 Å². The van der Waals surface area contributed by atoms with Gasteiger partial charge >= 0.3 is 6.04 Å². The molecule has 1 unspecified atom stereocenters. The summed E-state index contributed by atoms with van der Waals surface area (Å²) in [7, 11) is 0. The molecule has 1 aliphatic heterocycles. The molecule has 0 aromatic heterocycles. The number of carbonyl (C=O) groups is 1. The predicted molar refractivity (Wildman–Crippen MR) is 29.7 cm³/mol. The van der Waals surface area contributed by atoms with Crippen molar-refractivity contribution in [2.45, 2.75) is 25.4 Å². The van der Waals surface area contributed by atoms with Gasteiger partial charge in [0.1, 0.15) is 6.10 Å². The van der Waals surface area contributed by atoms with E-state index in [0.717, 1.165) is 12.8 Å². The molecule has 0 saturated carbocycles. The summed E-state index contributed by atoms with van der Waals surface area (Å²) in [5, 5.41) is 0. The van der Waals surface area contributed by atoms with Gasteiger partial charge in [0.2, 0.25) is 0 Å². The monoisotopic (exact) mass is 132 g/mol. The molecule has 0 aromatic rings. The lowest BCUT2D eigenvalue weighted by atomic mass is 10.1. The molecule has 0 aromatic carbocycles. The first-order valence-corrected chi connectivity index (χ1v) is 3.11. The van der Waals surface area contributed by atoms with Crippen molar-refractivity contribution in [2.24, 2.45) is 0 Å². The predicted octanol–water partition coefficient (Wildman–Crippen LogP) is 1.05. The van der Waals surface area contributed by atoms with E-state index in [-0.39, 0.29) is 0 Å². The average Bonchev–Trinajstić information content (AvgIpc) is 1.90. The maximum absolute atomic E-state index is 11.8. The fourth-order valence-corrected chi connectivity index (χ4v) is 0.920. The highest BCUT2D eigenvalue weighted by molar-refractivity contribution is 5.73. The van der Waals surface area contributed by atoms with Crippen LogP contribution in [0.3, 0.4) is 0 Å². The molecule has 0 spiro atoms. The molecule has 0 bridgehead atoms. The molecule has 1 rings (SSSR count). The van der Waals surface area contributed by atoms with Gasteiger partial charge in [-0.2, -0.15) is 4.39 Å². The Morgan fingerprint density at radius 1 is 1.56 bits per heavy atom. The lowest BCUT2D eigenvalue weighted by Crippen LogP contribution is -2.24. The van der Waals surface area contributed by atoms with E-state index in [0.29, 0.717) is 13.0 Å². The van der Waals surface area contributed by atoms with Crippen LogP contribution in [0, 0.1) is 0 Å². The van der Waals surface area contributed by atoms with Crippen molar-refractivity contribution < 1.29 is 13.9 Å². The van der Waals surface area contributed by atoms with Crippen LogP contribution in [0.2, 0.25) is 0 Å². The van der Waals surface area contributed by atoms with Crippen LogP contribution >= 0.6 is 0 Å². The molecule has 9 heavy (non-hydrogen) atoms. The Morgan fingerprint density at radius 2 is 2.33 bits per heavy atom. The number of carbonyl (C=O) groups excluding carboxylic acids is 1. The molecule has 1 aliphatic rings. The number of hydrogen-bond acceptors (Lipinski definition) is 2. The highest BCUT2D eigenvalue weighted by Gasteiger charge is 2.20. The third-order valence-corrected chi connectivity index (χ3v) is 1.43. The van der Waals surface area contributed by atoms with Gasteiger partial charge in [-0.15, -0.1) is 0 Å². The first kappa shape index (κ1) is 6.68. The average molecular weight is 132 g/mol. The molecule has 0 N–H and O–H groups in total. The van der Waals surface area contributed by atoms with Crippen LogP contribution in [0.5, 0.6) is 0 Å². The summed E-state index contributed by atoms with van der Waals surface area (Å²) >= 11 is 0. The largest absolute Gasteiger partial charge is 0.367 e. The second-order valence-corrected chi connectivity index (χ2v) is 2.16. The van der Waals surface area contributed by atoms with Crippen molar-refractivity contribution in [3.8, 4) is 0 Å². The van der Waals surface area contributed by atoms with Crippen LogP contribution in [0.15, 0.2) is 0 Å². The minimum Gasteiger partial charge on any atom is -0.367 e. The number of rotatable bonds is 1. The fraction of sp³-hybridized carbons (Fsp3) is 0.833. The highest BCUT2D eigenvalue weighted by Crippen LogP contribution is 2.13. The van der Waals surface area contributed by atoms with E-state index in [1.807, 2.05) is 0 Å². The molecule has 1 atom stereocenters. The maximum Gasteiger partial charge on any atom is 0.329 e. The maximum atomic E-state index is 11.8. The summed E-state index contributed by atoms with van der Waals surface area (Å²) in [6.07, 6.45) is 1.65. The number of halogens is 1. The summed E-state index contributed by atoms with van der Waals surface area (Å²) in [5.74, 6) is 0. The van der Waals surface area contributed by atoms with Crippen LogP contribution in [-0.4, -0.2) is 18.7 Å². The summed E-state index contributed by atoms with van der Waals surface area (Å²) in [4.78, 5) is 10.0. The number of hydrogen-bond donors (Lipinski definition) is 0. The minimum atomic E-state index is -1.32. The summed E-state index contributed by atoms with van der Waals surface area (Å²) in [6.45, 7) is 0.528. The molecule has 1 saturated heterocycles. The molecular formula is C6H9FO2. The Morgan fingerprint density at radius 3 is 2.67 bits per heavy atom. The van der Waals surface area contributed by atoms with Crippen molar-refractivity contribution in [1.82, 2.24) is 0 Å². The summed E-state index contributed by atoms with van der Waals surface area (Å²) in [6, 6.07) is -1.32. The van der Waals surface area contributed by atoms with Gasteiger partial charge in [0.15, 0.2) is 0 Å². The van der Waals surface area contributed by atoms with Crippen molar-refractivity contribution in [3.63, 3.8) is 0 Å². The van der Waals surface area contributed by atoms with Crippen LogP contribution in [0.1, 0.15) is 19.3 Å². The van der Waals surface area contributed by atoms with Gasteiger partial charge in [-0.1, -0.05) is 0 Å². The first-order chi connectivity index (χ1) is 4.30. The normalized spacial score (nSPS) is 27.9. The standard InChI is InChI=1S/C6H9FO2/c7-6(8)5-3-1-2-4-9-5/h5H,1-4H2. The Labute approximate surface area is 53.0 Å². The Hall–Kier alpha value is -0.440. The summed E-state index contributed by atoms with van der Waals surface area (Å²) in [5.41, 5.74) is 0. The van der Waals surface area contributed by atoms with Crippen molar-refractivity contribution in [3.05, 3.63) is 0 Å². The molecule has 0 aliphatic carbocycles. The molecule has 0 amide bonds. The fourth-order valence-electron chi connectivity index (χ4n) is 0.920. The zero-order valence-electron chi connectivity index (χ0n) is 5.10. The van der Waals surface area contributed by atoms with Gasteiger partial charge in [-0.05, 0) is 19.3 Å². The van der Waals surface area contributed by atoms with E-state index < -0.39 is 12.1 Å². The Kier molecular flexibility index (Phi) is 2.16.